The molecule has 0 aliphatic rings. The number of nitrogens with one attached hydrogen (secondary N) is 1. The molecule has 0 amide bonds. The average Bonchev–Trinajstić information content (AvgIpc) is 2.76. The Balaban J connectivity index is 2.12. The highest BCUT2D eigenvalue weighted by Gasteiger charge is 2.20. The molecule has 31 heavy (non-hydrogen) atoms. The zero-order valence-corrected chi connectivity index (χ0v) is 18.3. The Hall–Kier alpha value is -3.61. The standard InChI is InChI=1S/C24H28N4O3/c1-5-19(25-17-12-14-18(15-13-17)27(6-2)7-3)21-22(29)26-24(31)28(23(21)30)20-11-9-8-10-16(20)4/h8-15,30H,5-7H2,1-4H3,(H,26,29,31). The number of benzene rings is 2. The van der Waals surface area contributed by atoms with E-state index >= 15 is 0 Å². The van der Waals surface area contributed by atoms with Crippen molar-refractivity contribution in [3.8, 4) is 11.6 Å². The molecule has 1 aromatic heterocycles. The second kappa shape index (κ2) is 9.47. The largest absolute Gasteiger partial charge is 0.493 e. The number of aliphatic imine (C=N–C) groups is 1. The van der Waals surface area contributed by atoms with Crippen molar-refractivity contribution in [1.82, 2.24) is 9.55 Å². The lowest BCUT2D eigenvalue weighted by molar-refractivity contribution is 0.429. The van der Waals surface area contributed by atoms with Gasteiger partial charge in [-0.05, 0) is 63.1 Å². The molecule has 0 spiro atoms. The van der Waals surface area contributed by atoms with Crippen molar-refractivity contribution in [1.29, 1.82) is 0 Å². The molecule has 0 fully saturated rings. The summed E-state index contributed by atoms with van der Waals surface area (Å²) in [6.45, 7) is 9.70. The summed E-state index contributed by atoms with van der Waals surface area (Å²) in [7, 11) is 0. The van der Waals surface area contributed by atoms with Crippen LogP contribution in [0.15, 0.2) is 63.1 Å². The molecule has 0 aliphatic carbocycles. The summed E-state index contributed by atoms with van der Waals surface area (Å²) in [5.41, 5.74) is 2.10. The van der Waals surface area contributed by atoms with E-state index in [-0.39, 0.29) is 5.56 Å². The summed E-state index contributed by atoms with van der Waals surface area (Å²) in [6, 6.07) is 14.9. The first kappa shape index (κ1) is 22.1. The lowest BCUT2D eigenvalue weighted by atomic mass is 10.1. The number of hydrogen-bond acceptors (Lipinski definition) is 5. The molecule has 0 saturated heterocycles. The normalized spacial score (nSPS) is 11.5. The summed E-state index contributed by atoms with van der Waals surface area (Å²) in [4.78, 5) is 34.3. The predicted molar refractivity (Wildman–Crippen MR) is 126 cm³/mol. The van der Waals surface area contributed by atoms with Crippen LogP contribution in [0.4, 0.5) is 11.4 Å². The molecule has 2 N–H and O–H groups in total. The van der Waals surface area contributed by atoms with Crippen LogP contribution in [-0.4, -0.2) is 33.5 Å². The van der Waals surface area contributed by atoms with Crippen LogP contribution < -0.4 is 16.1 Å². The van der Waals surface area contributed by atoms with Gasteiger partial charge in [-0.2, -0.15) is 0 Å². The molecule has 2 aromatic carbocycles. The Bertz CT molecular complexity index is 1200. The van der Waals surface area contributed by atoms with Gasteiger partial charge in [-0.25, -0.2) is 9.36 Å². The molecule has 0 bridgehead atoms. The van der Waals surface area contributed by atoms with Crippen molar-refractivity contribution in [2.24, 2.45) is 4.99 Å². The number of H-pyrrole nitrogens is 1. The van der Waals surface area contributed by atoms with Gasteiger partial charge in [-0.3, -0.25) is 14.8 Å². The Morgan fingerprint density at radius 3 is 2.26 bits per heavy atom. The van der Waals surface area contributed by atoms with Crippen LogP contribution >= 0.6 is 0 Å². The van der Waals surface area contributed by atoms with Gasteiger partial charge < -0.3 is 10.0 Å². The fourth-order valence-corrected chi connectivity index (χ4v) is 3.62. The van der Waals surface area contributed by atoms with Crippen LogP contribution in [-0.2, 0) is 0 Å². The predicted octanol–water partition coefficient (Wildman–Crippen LogP) is 3.92. The van der Waals surface area contributed by atoms with E-state index < -0.39 is 17.1 Å². The molecule has 0 saturated carbocycles. The molecule has 3 rings (SSSR count). The first-order valence-electron chi connectivity index (χ1n) is 10.5. The van der Waals surface area contributed by atoms with Crippen molar-refractivity contribution >= 4 is 17.1 Å². The molecular formula is C24H28N4O3. The quantitative estimate of drug-likeness (QED) is 0.567. The van der Waals surface area contributed by atoms with Gasteiger partial charge >= 0.3 is 5.69 Å². The number of aromatic nitrogens is 2. The first-order chi connectivity index (χ1) is 14.9. The highest BCUT2D eigenvalue weighted by molar-refractivity contribution is 6.03. The molecule has 7 nitrogen and oxygen atoms in total. The van der Waals surface area contributed by atoms with E-state index in [1.165, 1.54) is 0 Å². The second-order valence-electron chi connectivity index (χ2n) is 7.18. The van der Waals surface area contributed by atoms with Crippen LogP contribution in [0.1, 0.15) is 38.3 Å². The minimum atomic E-state index is -0.695. The van der Waals surface area contributed by atoms with Gasteiger partial charge in [0.25, 0.3) is 5.56 Å². The monoisotopic (exact) mass is 420 g/mol. The number of aryl methyl sites for hydroxylation is 1. The van der Waals surface area contributed by atoms with Crippen LogP contribution in [0.25, 0.3) is 5.69 Å². The maximum atomic E-state index is 12.6. The van der Waals surface area contributed by atoms with Gasteiger partial charge in [0.15, 0.2) is 0 Å². The minimum absolute atomic E-state index is 0.00169. The third-order valence-electron chi connectivity index (χ3n) is 5.31. The summed E-state index contributed by atoms with van der Waals surface area (Å²) < 4.78 is 1.11. The minimum Gasteiger partial charge on any atom is -0.493 e. The van der Waals surface area contributed by atoms with Crippen molar-refractivity contribution in [2.45, 2.75) is 34.1 Å². The first-order valence-corrected chi connectivity index (χ1v) is 10.5. The van der Waals surface area contributed by atoms with Crippen molar-refractivity contribution in [3.05, 3.63) is 80.5 Å². The van der Waals surface area contributed by atoms with Gasteiger partial charge in [0, 0.05) is 18.8 Å². The van der Waals surface area contributed by atoms with E-state index in [0.717, 1.165) is 28.9 Å². The second-order valence-corrected chi connectivity index (χ2v) is 7.18. The zero-order valence-electron chi connectivity index (χ0n) is 18.3. The number of aromatic hydroxyl groups is 1. The van der Waals surface area contributed by atoms with E-state index in [1.807, 2.05) is 50.2 Å². The number of aromatic amines is 1. The van der Waals surface area contributed by atoms with Gasteiger partial charge in [0.1, 0.15) is 5.56 Å². The van der Waals surface area contributed by atoms with E-state index in [2.05, 4.69) is 28.7 Å². The summed E-state index contributed by atoms with van der Waals surface area (Å²) in [5.74, 6) is -0.414. The Morgan fingerprint density at radius 1 is 1.03 bits per heavy atom. The van der Waals surface area contributed by atoms with Gasteiger partial charge in [-0.15, -0.1) is 0 Å². The van der Waals surface area contributed by atoms with E-state index in [0.29, 0.717) is 23.5 Å². The van der Waals surface area contributed by atoms with Crippen molar-refractivity contribution in [2.75, 3.05) is 18.0 Å². The number of nitrogens with zero attached hydrogens (tertiary/aromatic N) is 3. The van der Waals surface area contributed by atoms with Crippen LogP contribution in [0.2, 0.25) is 0 Å². The van der Waals surface area contributed by atoms with Gasteiger partial charge in [0.05, 0.1) is 17.1 Å². The maximum absolute atomic E-state index is 12.6. The van der Waals surface area contributed by atoms with Crippen LogP contribution in [0.3, 0.4) is 0 Å². The lowest BCUT2D eigenvalue weighted by Crippen LogP contribution is -2.33. The molecule has 0 atom stereocenters. The lowest BCUT2D eigenvalue weighted by Gasteiger charge is -2.20. The number of rotatable bonds is 7. The van der Waals surface area contributed by atoms with E-state index in [9.17, 15) is 14.7 Å². The highest BCUT2D eigenvalue weighted by Crippen LogP contribution is 2.24. The fourth-order valence-electron chi connectivity index (χ4n) is 3.62. The summed E-state index contributed by atoms with van der Waals surface area (Å²) >= 11 is 0. The maximum Gasteiger partial charge on any atom is 0.335 e. The van der Waals surface area contributed by atoms with Crippen LogP contribution in [0.5, 0.6) is 5.88 Å². The van der Waals surface area contributed by atoms with E-state index in [4.69, 9.17) is 0 Å². The highest BCUT2D eigenvalue weighted by atomic mass is 16.3. The van der Waals surface area contributed by atoms with Crippen LogP contribution in [0, 0.1) is 6.92 Å². The molecule has 0 radical (unpaired) electrons. The molecule has 7 heteroatoms. The van der Waals surface area contributed by atoms with Gasteiger partial charge in [0.2, 0.25) is 5.88 Å². The number of para-hydroxylation sites is 1. The smallest absolute Gasteiger partial charge is 0.335 e. The summed E-state index contributed by atoms with van der Waals surface area (Å²) in [5, 5.41) is 10.9. The third kappa shape index (κ3) is 4.45. The van der Waals surface area contributed by atoms with Crippen molar-refractivity contribution < 1.29 is 5.11 Å². The number of hydrogen-bond donors (Lipinski definition) is 2. The summed E-state index contributed by atoms with van der Waals surface area (Å²) in [6.07, 6.45) is 0.403. The number of anilines is 1. The molecule has 0 aliphatic heterocycles. The van der Waals surface area contributed by atoms with Crippen molar-refractivity contribution in [3.63, 3.8) is 0 Å². The molecule has 1 heterocycles. The average molecular weight is 421 g/mol. The SMILES string of the molecule is CCC(=Nc1ccc(N(CC)CC)cc1)c1c(O)n(-c2ccccc2C)c(=O)[nH]c1=O. The molecule has 162 valence electrons. The Morgan fingerprint density at radius 2 is 1.68 bits per heavy atom. The Kier molecular flexibility index (Phi) is 6.74. The Labute approximate surface area is 181 Å². The zero-order chi connectivity index (χ0) is 22.5. The molecular weight excluding hydrogens is 392 g/mol. The van der Waals surface area contributed by atoms with Gasteiger partial charge in [-0.1, -0.05) is 25.1 Å². The van der Waals surface area contributed by atoms with E-state index in [1.54, 1.807) is 12.1 Å². The fraction of sp³-hybridized carbons (Fsp3) is 0.292. The molecule has 3 aromatic rings. The molecule has 0 unspecified atom stereocenters. The topological polar surface area (TPSA) is 90.7 Å². The third-order valence-corrected chi connectivity index (χ3v) is 5.31.